The van der Waals surface area contributed by atoms with Gasteiger partial charge in [-0.15, -0.1) is 0 Å². The monoisotopic (exact) mass is 439 g/mol. The van der Waals surface area contributed by atoms with Gasteiger partial charge in [0.25, 0.3) is 0 Å². The third-order valence-corrected chi connectivity index (χ3v) is 6.36. The fourth-order valence-corrected chi connectivity index (χ4v) is 4.53. The number of H-pyrrole nitrogens is 1. The second kappa shape index (κ2) is 10.1. The number of morpholine rings is 1. The number of rotatable bonds is 8. The SMILES string of the molecule is O=C(c1c[nH]c2ccccc12)[C@H](NCc1ccccc1CN1CCOCC1)c1ccccc1. The highest BCUT2D eigenvalue weighted by molar-refractivity contribution is 6.10. The Labute approximate surface area is 194 Å². The zero-order valence-electron chi connectivity index (χ0n) is 18.7. The summed E-state index contributed by atoms with van der Waals surface area (Å²) >= 11 is 0. The zero-order valence-corrected chi connectivity index (χ0v) is 18.7. The summed E-state index contributed by atoms with van der Waals surface area (Å²) in [4.78, 5) is 19.4. The van der Waals surface area contributed by atoms with Crippen LogP contribution in [0, 0.1) is 0 Å². The molecule has 0 saturated carbocycles. The van der Waals surface area contributed by atoms with Crippen LogP contribution in [0.3, 0.4) is 0 Å². The van der Waals surface area contributed by atoms with Crippen LogP contribution in [-0.4, -0.2) is 42.0 Å². The minimum atomic E-state index is -0.429. The molecule has 0 amide bonds. The van der Waals surface area contributed by atoms with Crippen LogP contribution < -0.4 is 5.32 Å². The van der Waals surface area contributed by atoms with Gasteiger partial charge in [-0.3, -0.25) is 15.0 Å². The molecule has 1 fully saturated rings. The molecule has 33 heavy (non-hydrogen) atoms. The lowest BCUT2D eigenvalue weighted by Gasteiger charge is -2.27. The van der Waals surface area contributed by atoms with E-state index in [0.717, 1.165) is 49.3 Å². The van der Waals surface area contributed by atoms with E-state index in [1.54, 1.807) is 0 Å². The summed E-state index contributed by atoms with van der Waals surface area (Å²) in [7, 11) is 0. The predicted molar refractivity (Wildman–Crippen MR) is 131 cm³/mol. The molecule has 0 spiro atoms. The molecule has 1 aliphatic heterocycles. The van der Waals surface area contributed by atoms with E-state index >= 15 is 0 Å². The number of aromatic amines is 1. The lowest BCUT2D eigenvalue weighted by Crippen LogP contribution is -2.36. The number of carbonyl (C=O) groups is 1. The predicted octanol–water partition coefficient (Wildman–Crippen LogP) is 4.71. The summed E-state index contributed by atoms with van der Waals surface area (Å²) in [6.07, 6.45) is 1.83. The Balaban J connectivity index is 1.39. The van der Waals surface area contributed by atoms with Gasteiger partial charge < -0.3 is 9.72 Å². The standard InChI is InChI=1S/C28H29N3O2/c32-28(25-19-29-26-13-7-6-12-24(25)26)27(21-8-2-1-3-9-21)30-18-22-10-4-5-11-23(22)20-31-14-16-33-17-15-31/h1-13,19,27,29-30H,14-18,20H2/t27-/m1/s1. The minimum Gasteiger partial charge on any atom is -0.379 e. The highest BCUT2D eigenvalue weighted by atomic mass is 16.5. The summed E-state index contributed by atoms with van der Waals surface area (Å²) < 4.78 is 5.49. The maximum Gasteiger partial charge on any atom is 0.186 e. The molecule has 0 bridgehead atoms. The largest absolute Gasteiger partial charge is 0.379 e. The summed E-state index contributed by atoms with van der Waals surface area (Å²) in [6, 6.07) is 26.0. The Morgan fingerprint density at radius 3 is 2.42 bits per heavy atom. The molecule has 1 aromatic heterocycles. The average molecular weight is 440 g/mol. The third kappa shape index (κ3) is 4.91. The number of fused-ring (bicyclic) bond motifs is 1. The number of Topliss-reactive ketones (excluding diaryl/α,β-unsaturated/α-hetero) is 1. The second-order valence-electron chi connectivity index (χ2n) is 8.49. The maximum atomic E-state index is 13.7. The lowest BCUT2D eigenvalue weighted by atomic mass is 9.96. The summed E-state index contributed by atoms with van der Waals surface area (Å²) in [5.74, 6) is 0.0734. The van der Waals surface area contributed by atoms with Crippen molar-refractivity contribution in [2.45, 2.75) is 19.1 Å². The summed E-state index contributed by atoms with van der Waals surface area (Å²) in [5, 5.41) is 4.53. The van der Waals surface area contributed by atoms with Crippen molar-refractivity contribution < 1.29 is 9.53 Å². The minimum absolute atomic E-state index is 0.0734. The Morgan fingerprint density at radius 1 is 0.909 bits per heavy atom. The van der Waals surface area contributed by atoms with E-state index in [4.69, 9.17) is 4.74 Å². The number of ether oxygens (including phenoxy) is 1. The van der Waals surface area contributed by atoms with Gasteiger partial charge in [0.1, 0.15) is 0 Å². The first-order valence-electron chi connectivity index (χ1n) is 11.5. The first-order valence-corrected chi connectivity index (χ1v) is 11.5. The van der Waals surface area contributed by atoms with E-state index in [-0.39, 0.29) is 5.78 Å². The molecule has 5 rings (SSSR count). The quantitative estimate of drug-likeness (QED) is 0.390. The molecule has 0 unspecified atom stereocenters. The Hall–Kier alpha value is -3.25. The molecule has 5 heteroatoms. The molecular formula is C28H29N3O2. The van der Waals surface area contributed by atoms with Crippen LogP contribution in [0.2, 0.25) is 0 Å². The fraction of sp³-hybridized carbons (Fsp3) is 0.250. The highest BCUT2D eigenvalue weighted by Crippen LogP contribution is 2.25. The van der Waals surface area contributed by atoms with Crippen LogP contribution >= 0.6 is 0 Å². The van der Waals surface area contributed by atoms with Gasteiger partial charge in [0, 0.05) is 48.8 Å². The number of carbonyl (C=O) groups excluding carboxylic acids is 1. The molecule has 0 aliphatic carbocycles. The molecule has 1 atom stereocenters. The molecule has 2 N–H and O–H groups in total. The van der Waals surface area contributed by atoms with Crippen LogP contribution in [-0.2, 0) is 17.8 Å². The number of nitrogens with zero attached hydrogens (tertiary/aromatic N) is 1. The number of hydrogen-bond donors (Lipinski definition) is 2. The van der Waals surface area contributed by atoms with Crippen LogP contribution in [0.25, 0.3) is 10.9 Å². The lowest BCUT2D eigenvalue weighted by molar-refractivity contribution is 0.0340. The van der Waals surface area contributed by atoms with Gasteiger partial charge >= 0.3 is 0 Å². The van der Waals surface area contributed by atoms with E-state index < -0.39 is 6.04 Å². The smallest absolute Gasteiger partial charge is 0.186 e. The van der Waals surface area contributed by atoms with Crippen LogP contribution in [0.4, 0.5) is 0 Å². The second-order valence-corrected chi connectivity index (χ2v) is 8.49. The van der Waals surface area contributed by atoms with Crippen molar-refractivity contribution in [3.63, 3.8) is 0 Å². The van der Waals surface area contributed by atoms with Crippen molar-refractivity contribution in [1.82, 2.24) is 15.2 Å². The topological polar surface area (TPSA) is 57.4 Å². The number of aromatic nitrogens is 1. The molecule has 2 heterocycles. The third-order valence-electron chi connectivity index (χ3n) is 6.36. The van der Waals surface area contributed by atoms with Gasteiger partial charge in [0.15, 0.2) is 5.78 Å². The van der Waals surface area contributed by atoms with Gasteiger partial charge in [-0.2, -0.15) is 0 Å². The first kappa shape index (κ1) is 21.6. The van der Waals surface area contributed by atoms with E-state index in [2.05, 4.69) is 39.5 Å². The maximum absolute atomic E-state index is 13.7. The Bertz CT molecular complexity index is 1210. The molecule has 0 radical (unpaired) electrons. The van der Waals surface area contributed by atoms with Gasteiger partial charge in [-0.25, -0.2) is 0 Å². The first-order chi connectivity index (χ1) is 16.3. The number of nitrogens with one attached hydrogen (secondary N) is 2. The van der Waals surface area contributed by atoms with Crippen molar-refractivity contribution >= 4 is 16.7 Å². The molecule has 5 nitrogen and oxygen atoms in total. The number of ketones is 1. The van der Waals surface area contributed by atoms with Gasteiger partial charge in [-0.1, -0.05) is 72.8 Å². The van der Waals surface area contributed by atoms with E-state index in [1.807, 2.05) is 60.8 Å². The number of hydrogen-bond acceptors (Lipinski definition) is 4. The van der Waals surface area contributed by atoms with Crippen molar-refractivity contribution in [1.29, 1.82) is 0 Å². The molecule has 3 aromatic carbocycles. The molecule has 1 saturated heterocycles. The van der Waals surface area contributed by atoms with Crippen molar-refractivity contribution in [3.8, 4) is 0 Å². The average Bonchev–Trinajstić information content (AvgIpc) is 3.30. The molecule has 4 aromatic rings. The molecular weight excluding hydrogens is 410 g/mol. The highest BCUT2D eigenvalue weighted by Gasteiger charge is 2.24. The Morgan fingerprint density at radius 2 is 1.61 bits per heavy atom. The van der Waals surface area contributed by atoms with Crippen molar-refractivity contribution in [3.05, 3.63) is 107 Å². The number of benzene rings is 3. The van der Waals surface area contributed by atoms with Crippen LogP contribution in [0.5, 0.6) is 0 Å². The van der Waals surface area contributed by atoms with E-state index in [0.29, 0.717) is 12.1 Å². The number of para-hydroxylation sites is 1. The van der Waals surface area contributed by atoms with E-state index in [9.17, 15) is 4.79 Å². The Kier molecular flexibility index (Phi) is 6.63. The van der Waals surface area contributed by atoms with Crippen molar-refractivity contribution in [2.24, 2.45) is 0 Å². The van der Waals surface area contributed by atoms with Crippen LogP contribution in [0.1, 0.15) is 33.1 Å². The normalized spacial score (nSPS) is 15.5. The van der Waals surface area contributed by atoms with E-state index in [1.165, 1.54) is 11.1 Å². The zero-order chi connectivity index (χ0) is 22.5. The van der Waals surface area contributed by atoms with Gasteiger partial charge in [0.05, 0.1) is 19.3 Å². The molecule has 1 aliphatic rings. The van der Waals surface area contributed by atoms with Gasteiger partial charge in [-0.05, 0) is 22.8 Å². The summed E-state index contributed by atoms with van der Waals surface area (Å²) in [5.41, 5.74) is 5.17. The molecule has 168 valence electrons. The van der Waals surface area contributed by atoms with Crippen LogP contribution in [0.15, 0.2) is 85.1 Å². The summed E-state index contributed by atoms with van der Waals surface area (Å²) in [6.45, 7) is 4.99. The fourth-order valence-electron chi connectivity index (χ4n) is 4.53. The van der Waals surface area contributed by atoms with Crippen molar-refractivity contribution in [2.75, 3.05) is 26.3 Å². The van der Waals surface area contributed by atoms with Gasteiger partial charge in [0.2, 0.25) is 0 Å².